The maximum atomic E-state index is 11.1. The molecule has 3 rings (SSSR count). The second-order valence-corrected chi connectivity index (χ2v) is 6.64. The number of benzene rings is 1. The molecule has 0 bridgehead atoms. The zero-order chi connectivity index (χ0) is 15.5. The molecular formula is C16H20N4OS. The fourth-order valence-corrected chi connectivity index (χ4v) is 3.44. The fraction of sp³-hybridized carbons (Fsp3) is 0.438. The number of aromatic nitrogens is 3. The second kappa shape index (κ2) is 6.52. The number of thioether (sulfide) groups is 1. The molecule has 1 saturated carbocycles. The van der Waals surface area contributed by atoms with Gasteiger partial charge in [-0.05, 0) is 30.9 Å². The van der Waals surface area contributed by atoms with Crippen LogP contribution in [-0.4, -0.2) is 20.7 Å². The lowest BCUT2D eigenvalue weighted by Gasteiger charge is -2.09. The van der Waals surface area contributed by atoms with Gasteiger partial charge in [-0.1, -0.05) is 36.0 Å². The van der Waals surface area contributed by atoms with Crippen LogP contribution in [0.15, 0.2) is 29.4 Å². The van der Waals surface area contributed by atoms with E-state index in [9.17, 15) is 4.79 Å². The van der Waals surface area contributed by atoms with Crippen LogP contribution in [0.2, 0.25) is 0 Å². The van der Waals surface area contributed by atoms with Crippen LogP contribution in [0.25, 0.3) is 0 Å². The summed E-state index contributed by atoms with van der Waals surface area (Å²) in [7, 11) is 0. The van der Waals surface area contributed by atoms with E-state index in [-0.39, 0.29) is 5.91 Å². The van der Waals surface area contributed by atoms with Gasteiger partial charge in [0.05, 0.1) is 0 Å². The molecule has 2 aromatic rings. The first-order valence-electron chi connectivity index (χ1n) is 7.54. The average Bonchev–Trinajstić information content (AvgIpc) is 3.25. The van der Waals surface area contributed by atoms with Crippen LogP contribution in [0.1, 0.15) is 42.1 Å². The van der Waals surface area contributed by atoms with E-state index in [4.69, 9.17) is 5.73 Å². The normalized spacial score (nSPS) is 14.2. The molecule has 2 N–H and O–H groups in total. The first-order valence-corrected chi connectivity index (χ1v) is 8.52. The summed E-state index contributed by atoms with van der Waals surface area (Å²) < 4.78 is 2.07. The Kier molecular flexibility index (Phi) is 4.47. The third kappa shape index (κ3) is 3.50. The molecule has 116 valence electrons. The predicted molar refractivity (Wildman–Crippen MR) is 86.5 cm³/mol. The lowest BCUT2D eigenvalue weighted by Crippen LogP contribution is -2.15. The van der Waals surface area contributed by atoms with Crippen molar-refractivity contribution in [3.63, 3.8) is 0 Å². The number of carbonyl (C=O) groups excluding carboxylic acids is 1. The molecule has 0 aliphatic heterocycles. The van der Waals surface area contributed by atoms with Crippen molar-refractivity contribution >= 4 is 17.7 Å². The molecule has 0 atom stereocenters. The number of amides is 1. The third-order valence-corrected chi connectivity index (χ3v) is 4.90. The number of hydrogen-bond acceptors (Lipinski definition) is 4. The Labute approximate surface area is 134 Å². The van der Waals surface area contributed by atoms with Gasteiger partial charge in [-0.25, -0.2) is 0 Å². The van der Waals surface area contributed by atoms with E-state index < -0.39 is 0 Å². The van der Waals surface area contributed by atoms with Gasteiger partial charge in [0.1, 0.15) is 5.82 Å². The molecule has 0 unspecified atom stereocenters. The van der Waals surface area contributed by atoms with Gasteiger partial charge < -0.3 is 10.3 Å². The van der Waals surface area contributed by atoms with E-state index in [1.165, 1.54) is 11.1 Å². The summed E-state index contributed by atoms with van der Waals surface area (Å²) in [6.45, 7) is 2.69. The van der Waals surface area contributed by atoms with Crippen molar-refractivity contribution in [1.82, 2.24) is 14.8 Å². The van der Waals surface area contributed by atoms with Gasteiger partial charge in [-0.3, -0.25) is 4.79 Å². The average molecular weight is 316 g/mol. The third-order valence-electron chi connectivity index (χ3n) is 3.89. The molecule has 0 saturated heterocycles. The molecule has 1 aromatic carbocycles. The number of nitrogens with zero attached hydrogens (tertiary/aromatic N) is 3. The highest BCUT2D eigenvalue weighted by atomic mass is 32.2. The summed E-state index contributed by atoms with van der Waals surface area (Å²) in [6.07, 6.45) is 2.66. The van der Waals surface area contributed by atoms with Crippen molar-refractivity contribution < 1.29 is 4.79 Å². The van der Waals surface area contributed by atoms with E-state index >= 15 is 0 Å². The number of carbonyl (C=O) groups is 1. The minimum absolute atomic E-state index is 0.287. The maximum absolute atomic E-state index is 11.1. The van der Waals surface area contributed by atoms with Crippen LogP contribution in [0, 0.1) is 6.92 Å². The Hall–Kier alpha value is -1.82. The van der Waals surface area contributed by atoms with Crippen LogP contribution < -0.4 is 5.73 Å². The van der Waals surface area contributed by atoms with E-state index in [1.54, 1.807) is 11.8 Å². The molecule has 0 radical (unpaired) electrons. The summed E-state index contributed by atoms with van der Waals surface area (Å²) in [5.74, 6) is 2.08. The first-order chi connectivity index (χ1) is 10.6. The smallest absolute Gasteiger partial charge is 0.219 e. The zero-order valence-electron chi connectivity index (χ0n) is 12.7. The van der Waals surface area contributed by atoms with E-state index in [1.807, 2.05) is 6.07 Å². The van der Waals surface area contributed by atoms with Gasteiger partial charge in [0.15, 0.2) is 5.16 Å². The first kappa shape index (κ1) is 15.1. The van der Waals surface area contributed by atoms with Crippen LogP contribution in [0.3, 0.4) is 0 Å². The molecule has 1 fully saturated rings. The monoisotopic (exact) mass is 316 g/mol. The Balaban J connectivity index is 1.75. The summed E-state index contributed by atoms with van der Waals surface area (Å²) in [4.78, 5) is 11.1. The second-order valence-electron chi connectivity index (χ2n) is 5.70. The molecule has 22 heavy (non-hydrogen) atoms. The number of hydrogen-bond donors (Lipinski definition) is 1. The van der Waals surface area contributed by atoms with Crippen molar-refractivity contribution in [2.45, 2.75) is 49.6 Å². The lowest BCUT2D eigenvalue weighted by molar-refractivity contribution is -0.118. The Morgan fingerprint density at radius 1 is 1.36 bits per heavy atom. The minimum Gasteiger partial charge on any atom is -0.370 e. The van der Waals surface area contributed by atoms with E-state index in [2.05, 4.69) is 39.9 Å². The molecule has 1 aromatic heterocycles. The van der Waals surface area contributed by atoms with E-state index in [0.29, 0.717) is 18.9 Å². The van der Waals surface area contributed by atoms with Gasteiger partial charge in [0.2, 0.25) is 5.91 Å². The number of nitrogens with two attached hydrogens (primary N) is 1. The van der Waals surface area contributed by atoms with Crippen LogP contribution >= 0.6 is 11.8 Å². The molecule has 1 heterocycles. The molecule has 6 heteroatoms. The fourth-order valence-electron chi connectivity index (χ4n) is 2.40. The van der Waals surface area contributed by atoms with Gasteiger partial charge >= 0.3 is 0 Å². The molecule has 1 aliphatic carbocycles. The van der Waals surface area contributed by atoms with Crippen molar-refractivity contribution in [2.24, 2.45) is 5.73 Å². The van der Waals surface area contributed by atoms with Crippen LogP contribution in [0.4, 0.5) is 0 Å². The number of rotatable bonds is 7. The van der Waals surface area contributed by atoms with Crippen molar-refractivity contribution in [1.29, 1.82) is 0 Å². The van der Waals surface area contributed by atoms with Crippen molar-refractivity contribution in [3.05, 3.63) is 41.2 Å². The predicted octanol–water partition coefficient (Wildman–Crippen LogP) is 2.63. The maximum Gasteiger partial charge on any atom is 0.219 e. The van der Waals surface area contributed by atoms with Gasteiger partial charge in [0, 0.05) is 24.6 Å². The van der Waals surface area contributed by atoms with E-state index in [0.717, 1.165) is 29.6 Å². The molecular weight excluding hydrogens is 296 g/mol. The number of primary amides is 1. The SMILES string of the molecule is Cc1ccccc1CSc1nnc(C2CC2)n1CCC(N)=O. The van der Waals surface area contributed by atoms with Gasteiger partial charge in [-0.2, -0.15) is 0 Å². The summed E-state index contributed by atoms with van der Waals surface area (Å²) in [5, 5.41) is 9.54. The largest absolute Gasteiger partial charge is 0.370 e. The Bertz CT molecular complexity index is 679. The molecule has 0 spiro atoms. The van der Waals surface area contributed by atoms with Gasteiger partial charge in [0.25, 0.3) is 0 Å². The minimum atomic E-state index is -0.287. The summed E-state index contributed by atoms with van der Waals surface area (Å²) in [6, 6.07) is 8.35. The highest BCUT2D eigenvalue weighted by molar-refractivity contribution is 7.98. The van der Waals surface area contributed by atoms with Gasteiger partial charge in [-0.15, -0.1) is 10.2 Å². The highest BCUT2D eigenvalue weighted by Crippen LogP contribution is 2.40. The Morgan fingerprint density at radius 3 is 2.82 bits per heavy atom. The van der Waals surface area contributed by atoms with Crippen LogP contribution in [-0.2, 0) is 17.1 Å². The van der Waals surface area contributed by atoms with Crippen LogP contribution in [0.5, 0.6) is 0 Å². The number of aryl methyl sites for hydroxylation is 1. The molecule has 1 aliphatic rings. The Morgan fingerprint density at radius 2 is 2.14 bits per heavy atom. The summed E-state index contributed by atoms with van der Waals surface area (Å²) in [5.41, 5.74) is 7.86. The van der Waals surface area contributed by atoms with Crippen molar-refractivity contribution in [2.75, 3.05) is 0 Å². The molecule has 5 nitrogen and oxygen atoms in total. The standard InChI is InChI=1S/C16H20N4OS/c1-11-4-2-3-5-13(11)10-22-16-19-18-15(12-6-7-12)20(16)9-8-14(17)21/h2-5,12H,6-10H2,1H3,(H2,17,21). The van der Waals surface area contributed by atoms with Crippen molar-refractivity contribution in [3.8, 4) is 0 Å². The highest BCUT2D eigenvalue weighted by Gasteiger charge is 2.30. The topological polar surface area (TPSA) is 73.8 Å². The summed E-state index contributed by atoms with van der Waals surface area (Å²) >= 11 is 1.67. The lowest BCUT2D eigenvalue weighted by atomic mass is 10.1. The zero-order valence-corrected chi connectivity index (χ0v) is 13.5. The molecule has 1 amide bonds. The quantitative estimate of drug-likeness (QED) is 0.797.